The average Bonchev–Trinajstić information content (AvgIpc) is 2.55. The van der Waals surface area contributed by atoms with Gasteiger partial charge in [0.1, 0.15) is 0 Å². The number of aryl methyl sites for hydroxylation is 1. The van der Waals surface area contributed by atoms with Gasteiger partial charge in [0, 0.05) is 27.9 Å². The molecule has 0 heterocycles. The van der Waals surface area contributed by atoms with E-state index in [0.29, 0.717) is 32.8 Å². The number of hydrogen-bond donors (Lipinski definition) is 1. The molecule has 1 amide bonds. The van der Waals surface area contributed by atoms with Crippen molar-refractivity contribution in [1.29, 1.82) is 0 Å². The third-order valence-electron chi connectivity index (χ3n) is 3.37. The van der Waals surface area contributed by atoms with E-state index in [4.69, 9.17) is 32.7 Å². The Hall–Kier alpha value is -2.17. The van der Waals surface area contributed by atoms with Crippen LogP contribution in [0.5, 0.6) is 11.5 Å². The van der Waals surface area contributed by atoms with Crippen molar-refractivity contribution in [2.45, 2.75) is 6.92 Å². The largest absolute Gasteiger partial charge is 0.493 e. The van der Waals surface area contributed by atoms with Crippen LogP contribution in [0.1, 0.15) is 11.1 Å². The lowest BCUT2D eigenvalue weighted by Gasteiger charge is -2.12. The number of rotatable bonds is 5. The van der Waals surface area contributed by atoms with E-state index in [2.05, 4.69) is 5.32 Å². The second-order valence-corrected chi connectivity index (χ2v) is 5.85. The number of hydrogen-bond acceptors (Lipinski definition) is 3. The monoisotopic (exact) mass is 365 g/mol. The van der Waals surface area contributed by atoms with Crippen LogP contribution in [-0.2, 0) is 4.79 Å². The Morgan fingerprint density at radius 2 is 1.75 bits per heavy atom. The minimum atomic E-state index is -0.281. The maximum atomic E-state index is 12.1. The Kier molecular flexibility index (Phi) is 6.12. The van der Waals surface area contributed by atoms with Crippen LogP contribution in [0.3, 0.4) is 0 Å². The molecule has 0 aliphatic heterocycles. The predicted octanol–water partition coefficient (Wildman–Crippen LogP) is 4.97. The van der Waals surface area contributed by atoms with Crippen LogP contribution >= 0.6 is 23.2 Å². The van der Waals surface area contributed by atoms with Crippen molar-refractivity contribution >= 4 is 40.9 Å². The number of carbonyl (C=O) groups excluding carboxylic acids is 1. The molecule has 0 saturated heterocycles. The Balaban J connectivity index is 2.16. The van der Waals surface area contributed by atoms with E-state index in [9.17, 15) is 4.79 Å². The number of ether oxygens (including phenoxy) is 2. The number of anilines is 1. The van der Waals surface area contributed by atoms with E-state index in [1.54, 1.807) is 50.6 Å². The first kappa shape index (κ1) is 18.2. The minimum absolute atomic E-state index is 0.281. The molecule has 6 heteroatoms. The molecule has 0 atom stereocenters. The molecule has 0 aromatic heterocycles. The number of amides is 1. The number of nitrogens with one attached hydrogen (secondary N) is 1. The highest BCUT2D eigenvalue weighted by molar-refractivity contribution is 6.35. The SMILES string of the molecule is COc1cc(C)c(NC(=O)/C=C/c2ccc(Cl)cc2Cl)cc1OC. The minimum Gasteiger partial charge on any atom is -0.493 e. The highest BCUT2D eigenvalue weighted by atomic mass is 35.5. The standard InChI is InChI=1S/C18H17Cl2NO3/c1-11-8-16(23-2)17(24-3)10-15(11)21-18(22)7-5-12-4-6-13(19)9-14(12)20/h4-10H,1-3H3,(H,21,22)/b7-5+. The van der Waals surface area contributed by atoms with E-state index in [-0.39, 0.29) is 5.91 Å². The Labute approximate surface area is 151 Å². The summed E-state index contributed by atoms with van der Waals surface area (Å²) < 4.78 is 10.5. The van der Waals surface area contributed by atoms with Crippen molar-refractivity contribution in [1.82, 2.24) is 0 Å². The van der Waals surface area contributed by atoms with E-state index < -0.39 is 0 Å². The summed E-state index contributed by atoms with van der Waals surface area (Å²) in [5.41, 5.74) is 2.21. The molecular weight excluding hydrogens is 349 g/mol. The van der Waals surface area contributed by atoms with Crippen LogP contribution in [0.4, 0.5) is 5.69 Å². The molecule has 24 heavy (non-hydrogen) atoms. The van der Waals surface area contributed by atoms with Gasteiger partial charge in [0.25, 0.3) is 0 Å². The van der Waals surface area contributed by atoms with Crippen LogP contribution < -0.4 is 14.8 Å². The number of halogens is 2. The van der Waals surface area contributed by atoms with Gasteiger partial charge in [0.15, 0.2) is 11.5 Å². The van der Waals surface area contributed by atoms with Crippen LogP contribution in [0, 0.1) is 6.92 Å². The van der Waals surface area contributed by atoms with Gasteiger partial charge in [0.2, 0.25) is 5.91 Å². The van der Waals surface area contributed by atoms with Crippen molar-refractivity contribution in [3.05, 3.63) is 57.6 Å². The van der Waals surface area contributed by atoms with Gasteiger partial charge < -0.3 is 14.8 Å². The maximum absolute atomic E-state index is 12.1. The number of carbonyl (C=O) groups is 1. The number of methoxy groups -OCH3 is 2. The summed E-state index contributed by atoms with van der Waals surface area (Å²) in [6.07, 6.45) is 3.04. The van der Waals surface area contributed by atoms with E-state index in [1.165, 1.54) is 6.08 Å². The fraction of sp³-hybridized carbons (Fsp3) is 0.167. The predicted molar refractivity (Wildman–Crippen MR) is 98.4 cm³/mol. The van der Waals surface area contributed by atoms with Crippen molar-refractivity contribution < 1.29 is 14.3 Å². The third kappa shape index (κ3) is 4.43. The highest BCUT2D eigenvalue weighted by Crippen LogP contribution is 2.32. The second kappa shape index (κ2) is 8.08. The van der Waals surface area contributed by atoms with Gasteiger partial charge in [-0.3, -0.25) is 4.79 Å². The lowest BCUT2D eigenvalue weighted by molar-refractivity contribution is -0.111. The lowest BCUT2D eigenvalue weighted by atomic mass is 10.1. The molecule has 2 rings (SSSR count). The summed E-state index contributed by atoms with van der Waals surface area (Å²) in [6, 6.07) is 8.60. The van der Waals surface area contributed by atoms with Gasteiger partial charge in [-0.05, 0) is 42.3 Å². The fourth-order valence-corrected chi connectivity index (χ4v) is 2.56. The first-order valence-corrected chi connectivity index (χ1v) is 7.87. The van der Waals surface area contributed by atoms with Gasteiger partial charge in [-0.25, -0.2) is 0 Å². The van der Waals surface area contributed by atoms with Gasteiger partial charge in [0.05, 0.1) is 14.2 Å². The maximum Gasteiger partial charge on any atom is 0.248 e. The van der Waals surface area contributed by atoms with Crippen molar-refractivity contribution in [3.8, 4) is 11.5 Å². The van der Waals surface area contributed by atoms with E-state index >= 15 is 0 Å². The zero-order chi connectivity index (χ0) is 17.7. The van der Waals surface area contributed by atoms with Crippen LogP contribution in [-0.4, -0.2) is 20.1 Å². The van der Waals surface area contributed by atoms with Gasteiger partial charge in [-0.15, -0.1) is 0 Å². The molecule has 0 aliphatic rings. The molecular formula is C18H17Cl2NO3. The van der Waals surface area contributed by atoms with Crippen LogP contribution in [0.15, 0.2) is 36.4 Å². The van der Waals surface area contributed by atoms with Gasteiger partial charge >= 0.3 is 0 Å². The molecule has 0 bridgehead atoms. The Bertz CT molecular complexity index is 788. The fourth-order valence-electron chi connectivity index (χ4n) is 2.09. The molecule has 2 aromatic carbocycles. The van der Waals surface area contributed by atoms with Gasteiger partial charge in [-0.1, -0.05) is 29.3 Å². The van der Waals surface area contributed by atoms with E-state index in [0.717, 1.165) is 5.56 Å². The first-order chi connectivity index (χ1) is 11.4. The quantitative estimate of drug-likeness (QED) is 0.760. The average molecular weight is 366 g/mol. The summed E-state index contributed by atoms with van der Waals surface area (Å²) in [4.78, 5) is 12.1. The first-order valence-electron chi connectivity index (χ1n) is 7.11. The molecule has 2 aromatic rings. The molecule has 1 N–H and O–H groups in total. The summed E-state index contributed by atoms with van der Waals surface area (Å²) in [7, 11) is 3.11. The zero-order valence-corrected chi connectivity index (χ0v) is 15.0. The molecule has 0 spiro atoms. The molecule has 0 fully saturated rings. The van der Waals surface area contributed by atoms with Crippen molar-refractivity contribution in [3.63, 3.8) is 0 Å². The lowest BCUT2D eigenvalue weighted by Crippen LogP contribution is -2.09. The molecule has 0 saturated carbocycles. The molecule has 0 radical (unpaired) electrons. The second-order valence-electron chi connectivity index (χ2n) is 5.01. The smallest absolute Gasteiger partial charge is 0.248 e. The Morgan fingerprint density at radius 1 is 1.08 bits per heavy atom. The van der Waals surface area contributed by atoms with E-state index in [1.807, 2.05) is 6.92 Å². The summed E-state index contributed by atoms with van der Waals surface area (Å²) >= 11 is 11.9. The molecule has 126 valence electrons. The zero-order valence-electron chi connectivity index (χ0n) is 13.5. The van der Waals surface area contributed by atoms with Crippen LogP contribution in [0.2, 0.25) is 10.0 Å². The molecule has 0 aliphatic carbocycles. The number of benzene rings is 2. The molecule has 4 nitrogen and oxygen atoms in total. The summed E-state index contributed by atoms with van der Waals surface area (Å²) in [6.45, 7) is 1.87. The third-order valence-corrected chi connectivity index (χ3v) is 3.93. The van der Waals surface area contributed by atoms with Gasteiger partial charge in [-0.2, -0.15) is 0 Å². The topological polar surface area (TPSA) is 47.6 Å². The van der Waals surface area contributed by atoms with Crippen molar-refractivity contribution in [2.24, 2.45) is 0 Å². The molecule has 0 unspecified atom stereocenters. The summed E-state index contributed by atoms with van der Waals surface area (Å²) in [5, 5.41) is 3.83. The summed E-state index contributed by atoms with van der Waals surface area (Å²) in [5.74, 6) is 0.871. The normalized spacial score (nSPS) is 10.7. The van der Waals surface area contributed by atoms with Crippen molar-refractivity contribution in [2.75, 3.05) is 19.5 Å². The van der Waals surface area contributed by atoms with Crippen LogP contribution in [0.25, 0.3) is 6.08 Å². The Morgan fingerprint density at radius 3 is 2.38 bits per heavy atom. The highest BCUT2D eigenvalue weighted by Gasteiger charge is 2.10.